The van der Waals surface area contributed by atoms with Gasteiger partial charge in [0.15, 0.2) is 16.6 Å². The van der Waals surface area contributed by atoms with Crippen LogP contribution in [0.25, 0.3) is 27.6 Å². The number of thioether (sulfide) groups is 1. The van der Waals surface area contributed by atoms with Gasteiger partial charge in [-0.25, -0.2) is 4.79 Å². The molecule has 0 bridgehead atoms. The van der Waals surface area contributed by atoms with Gasteiger partial charge in [0, 0.05) is 25.0 Å². The summed E-state index contributed by atoms with van der Waals surface area (Å²) in [5, 5.41) is 10.3. The lowest BCUT2D eigenvalue weighted by Crippen LogP contribution is -2.19. The number of imidazole rings is 1. The van der Waals surface area contributed by atoms with Gasteiger partial charge in [0.2, 0.25) is 0 Å². The van der Waals surface area contributed by atoms with Gasteiger partial charge in [-0.2, -0.15) is 0 Å². The van der Waals surface area contributed by atoms with Crippen molar-refractivity contribution in [1.29, 1.82) is 0 Å². The SMILES string of the molecule is Cc1cc(C)c2c(c1)c(C)cc1nnc(SC(C)C(=O)c3ccc4c(c3)n(C)c(=O)n4C)n12. The molecule has 0 saturated heterocycles. The lowest BCUT2D eigenvalue weighted by Gasteiger charge is -2.13. The van der Waals surface area contributed by atoms with Crippen LogP contribution in [0, 0.1) is 20.8 Å². The summed E-state index contributed by atoms with van der Waals surface area (Å²) in [7, 11) is 3.45. The Balaban J connectivity index is 1.56. The highest BCUT2D eigenvalue weighted by molar-refractivity contribution is 8.00. The van der Waals surface area contributed by atoms with E-state index in [-0.39, 0.29) is 16.7 Å². The zero-order valence-corrected chi connectivity index (χ0v) is 20.3. The van der Waals surface area contributed by atoms with Crippen LogP contribution < -0.4 is 5.69 Å². The molecule has 0 amide bonds. The summed E-state index contributed by atoms with van der Waals surface area (Å²) in [6.07, 6.45) is 0. The Labute approximate surface area is 195 Å². The summed E-state index contributed by atoms with van der Waals surface area (Å²) in [5.41, 5.74) is 7.36. The molecular weight excluding hydrogens is 434 g/mol. The number of hydrogen-bond acceptors (Lipinski definition) is 5. The van der Waals surface area contributed by atoms with Gasteiger partial charge in [-0.1, -0.05) is 23.4 Å². The van der Waals surface area contributed by atoms with Crippen molar-refractivity contribution in [3.8, 4) is 0 Å². The van der Waals surface area contributed by atoms with Crippen LogP contribution in [0.3, 0.4) is 0 Å². The van der Waals surface area contributed by atoms with E-state index in [1.54, 1.807) is 35.4 Å². The molecule has 2 aromatic carbocycles. The van der Waals surface area contributed by atoms with E-state index in [0.29, 0.717) is 10.7 Å². The summed E-state index contributed by atoms with van der Waals surface area (Å²) in [6.45, 7) is 8.16. The van der Waals surface area contributed by atoms with Crippen LogP contribution in [0.2, 0.25) is 0 Å². The molecule has 1 unspecified atom stereocenters. The molecule has 0 saturated carbocycles. The van der Waals surface area contributed by atoms with Crippen molar-refractivity contribution in [2.24, 2.45) is 14.1 Å². The molecule has 0 N–H and O–H groups in total. The largest absolute Gasteiger partial charge is 0.328 e. The lowest BCUT2D eigenvalue weighted by atomic mass is 10.0. The van der Waals surface area contributed by atoms with E-state index in [4.69, 9.17) is 0 Å². The second-order valence-corrected chi connectivity index (χ2v) is 10.0. The maximum atomic E-state index is 13.3. The molecule has 5 rings (SSSR count). The molecule has 0 aliphatic heterocycles. The molecule has 7 nitrogen and oxygen atoms in total. The third kappa shape index (κ3) is 3.28. The van der Waals surface area contributed by atoms with Crippen molar-refractivity contribution in [2.75, 3.05) is 0 Å². The first kappa shape index (κ1) is 21.5. The van der Waals surface area contributed by atoms with Gasteiger partial charge in [-0.15, -0.1) is 10.2 Å². The minimum atomic E-state index is -0.377. The first-order valence-corrected chi connectivity index (χ1v) is 11.7. The average molecular weight is 460 g/mol. The summed E-state index contributed by atoms with van der Waals surface area (Å²) in [4.78, 5) is 25.5. The number of benzene rings is 2. The summed E-state index contributed by atoms with van der Waals surface area (Å²) >= 11 is 1.40. The number of carbonyl (C=O) groups excluding carboxylic acids is 1. The molecule has 1 atom stereocenters. The molecule has 0 aliphatic carbocycles. The van der Waals surface area contributed by atoms with E-state index in [1.807, 2.05) is 19.1 Å². The average Bonchev–Trinajstić information content (AvgIpc) is 3.27. The Morgan fingerprint density at radius 2 is 1.67 bits per heavy atom. The zero-order valence-electron chi connectivity index (χ0n) is 19.5. The van der Waals surface area contributed by atoms with Gasteiger partial charge in [0.1, 0.15) is 0 Å². The second-order valence-electron chi connectivity index (χ2n) is 8.71. The molecule has 168 valence electrons. The van der Waals surface area contributed by atoms with Gasteiger partial charge in [-0.05, 0) is 69.2 Å². The number of hydrogen-bond donors (Lipinski definition) is 0. The van der Waals surface area contributed by atoms with Gasteiger partial charge in [0.05, 0.1) is 21.8 Å². The Kier molecular flexibility index (Phi) is 4.93. The minimum absolute atomic E-state index is 0.0149. The first-order valence-electron chi connectivity index (χ1n) is 10.8. The number of Topliss-reactive ketones (excluding diaryl/α,β-unsaturated/α-hetero) is 1. The fourth-order valence-electron chi connectivity index (χ4n) is 4.60. The highest BCUT2D eigenvalue weighted by Crippen LogP contribution is 2.31. The minimum Gasteiger partial charge on any atom is -0.295 e. The first-order chi connectivity index (χ1) is 15.7. The molecule has 5 aromatic rings. The van der Waals surface area contributed by atoms with Gasteiger partial charge in [-0.3, -0.25) is 18.3 Å². The normalized spacial score (nSPS) is 12.8. The predicted molar refractivity (Wildman–Crippen MR) is 133 cm³/mol. The van der Waals surface area contributed by atoms with Crippen LogP contribution in [-0.2, 0) is 14.1 Å². The molecule has 3 aromatic heterocycles. The van der Waals surface area contributed by atoms with E-state index in [1.165, 1.54) is 17.3 Å². The van der Waals surface area contributed by atoms with Crippen LogP contribution in [0.5, 0.6) is 0 Å². The van der Waals surface area contributed by atoms with E-state index < -0.39 is 0 Å². The fourth-order valence-corrected chi connectivity index (χ4v) is 5.53. The molecule has 3 heterocycles. The number of rotatable bonds is 4. The standard InChI is InChI=1S/C25H25N5O2S/c1-13-9-15(3)22-18(10-13)14(2)11-21-26-27-24(30(21)22)33-16(4)23(31)17-7-8-19-20(12-17)29(6)25(32)28(19)5/h7-12,16H,1-6H3. The van der Waals surface area contributed by atoms with Gasteiger partial charge < -0.3 is 0 Å². The molecule has 0 radical (unpaired) electrons. The Hall–Kier alpha value is -3.39. The van der Waals surface area contributed by atoms with Crippen molar-refractivity contribution >= 4 is 45.1 Å². The maximum Gasteiger partial charge on any atom is 0.328 e. The fraction of sp³-hybridized carbons (Fsp3) is 0.280. The smallest absolute Gasteiger partial charge is 0.295 e. The second kappa shape index (κ2) is 7.59. The molecule has 0 aliphatic rings. The lowest BCUT2D eigenvalue weighted by molar-refractivity contribution is 0.0994. The third-order valence-corrected chi connectivity index (χ3v) is 7.35. The topological polar surface area (TPSA) is 74.2 Å². The van der Waals surface area contributed by atoms with Crippen molar-refractivity contribution in [3.63, 3.8) is 0 Å². The highest BCUT2D eigenvalue weighted by Gasteiger charge is 2.22. The van der Waals surface area contributed by atoms with E-state index >= 15 is 0 Å². The monoisotopic (exact) mass is 459 g/mol. The summed E-state index contributed by atoms with van der Waals surface area (Å²) < 4.78 is 5.20. The maximum absolute atomic E-state index is 13.3. The number of aromatic nitrogens is 5. The molecule has 8 heteroatoms. The van der Waals surface area contributed by atoms with Crippen LogP contribution >= 0.6 is 11.8 Å². The van der Waals surface area contributed by atoms with E-state index in [9.17, 15) is 9.59 Å². The number of carbonyl (C=O) groups is 1. The number of ketones is 1. The van der Waals surface area contributed by atoms with Crippen LogP contribution in [-0.4, -0.2) is 34.8 Å². The molecular formula is C25H25N5O2S. The van der Waals surface area contributed by atoms with E-state index in [0.717, 1.165) is 38.7 Å². The van der Waals surface area contributed by atoms with E-state index in [2.05, 4.69) is 47.5 Å². The van der Waals surface area contributed by atoms with Crippen molar-refractivity contribution < 1.29 is 4.79 Å². The molecule has 33 heavy (non-hydrogen) atoms. The quantitative estimate of drug-likeness (QED) is 0.295. The summed E-state index contributed by atoms with van der Waals surface area (Å²) in [6, 6.07) is 11.8. The number of pyridine rings is 1. The van der Waals surface area contributed by atoms with Crippen LogP contribution in [0.4, 0.5) is 0 Å². The Morgan fingerprint density at radius 3 is 2.42 bits per heavy atom. The highest BCUT2D eigenvalue weighted by atomic mass is 32.2. The Bertz CT molecular complexity index is 1660. The van der Waals surface area contributed by atoms with Crippen LogP contribution in [0.15, 0.2) is 46.3 Å². The van der Waals surface area contributed by atoms with Crippen molar-refractivity contribution in [2.45, 2.75) is 38.1 Å². The van der Waals surface area contributed by atoms with Crippen LogP contribution in [0.1, 0.15) is 34.0 Å². The van der Waals surface area contributed by atoms with Gasteiger partial charge in [0.25, 0.3) is 0 Å². The number of nitrogens with zero attached hydrogens (tertiary/aromatic N) is 5. The third-order valence-electron chi connectivity index (χ3n) is 6.31. The number of aryl methyl sites for hydroxylation is 5. The molecule has 0 spiro atoms. The zero-order chi connectivity index (χ0) is 23.6. The van der Waals surface area contributed by atoms with Crippen molar-refractivity contribution in [3.05, 3.63) is 69.1 Å². The van der Waals surface area contributed by atoms with Crippen molar-refractivity contribution in [1.82, 2.24) is 23.7 Å². The molecule has 0 fully saturated rings. The predicted octanol–water partition coefficient (Wildman–Crippen LogP) is 4.36. The number of fused-ring (bicyclic) bond motifs is 4. The summed E-state index contributed by atoms with van der Waals surface area (Å²) in [5.74, 6) is -0.0149. The van der Waals surface area contributed by atoms with Gasteiger partial charge >= 0.3 is 5.69 Å². The Morgan fingerprint density at radius 1 is 0.939 bits per heavy atom.